The van der Waals surface area contributed by atoms with Crippen LogP contribution in [0.5, 0.6) is 0 Å². The first kappa shape index (κ1) is 18.0. The summed E-state index contributed by atoms with van der Waals surface area (Å²) >= 11 is 5.77. The molecule has 1 aromatic rings. The molecule has 0 radical (unpaired) electrons. The third kappa shape index (κ3) is 6.94. The van der Waals surface area contributed by atoms with E-state index in [1.54, 1.807) is 12.1 Å². The average molecular weight is 314 g/mol. The zero-order valence-electron chi connectivity index (χ0n) is 13.1. The summed E-state index contributed by atoms with van der Waals surface area (Å²) in [5.41, 5.74) is 0.702. The van der Waals surface area contributed by atoms with Gasteiger partial charge in [-0.25, -0.2) is 4.39 Å². The van der Waals surface area contributed by atoms with Crippen LogP contribution in [0.1, 0.15) is 39.2 Å². The normalized spacial score (nSPS) is 13.0. The summed E-state index contributed by atoms with van der Waals surface area (Å²) in [6, 6.07) is 6.55. The van der Waals surface area contributed by atoms with E-state index in [1.807, 2.05) is 20.8 Å². The lowest BCUT2D eigenvalue weighted by atomic mass is 9.92. The Balaban J connectivity index is 2.58. The molecule has 0 aliphatic rings. The van der Waals surface area contributed by atoms with Crippen LogP contribution in [-0.2, 0) is 11.2 Å². The first-order valence-electron chi connectivity index (χ1n) is 7.41. The Labute approximate surface area is 132 Å². The highest BCUT2D eigenvalue weighted by Crippen LogP contribution is 2.17. The average Bonchev–Trinajstić information content (AvgIpc) is 2.42. The van der Waals surface area contributed by atoms with Crippen molar-refractivity contribution in [1.82, 2.24) is 5.32 Å². The van der Waals surface area contributed by atoms with Crippen LogP contribution in [0.4, 0.5) is 4.39 Å². The van der Waals surface area contributed by atoms with Crippen LogP contribution in [0.2, 0.25) is 0 Å². The molecule has 118 valence electrons. The van der Waals surface area contributed by atoms with Gasteiger partial charge in [-0.05, 0) is 42.9 Å². The number of amides is 1. The summed E-state index contributed by atoms with van der Waals surface area (Å²) in [6.07, 6.45) is 2.69. The van der Waals surface area contributed by atoms with Crippen molar-refractivity contribution in [2.45, 2.75) is 40.0 Å². The number of hydrogen-bond acceptors (Lipinski definition) is 1. The van der Waals surface area contributed by atoms with Gasteiger partial charge in [0.25, 0.3) is 0 Å². The fourth-order valence-corrected chi connectivity index (χ4v) is 2.25. The molecule has 0 aromatic heterocycles. The molecular formula is C17H25ClFNO. The molecule has 1 rings (SSSR count). The summed E-state index contributed by atoms with van der Waals surface area (Å²) in [4.78, 5) is 12.0. The van der Waals surface area contributed by atoms with E-state index < -0.39 is 0 Å². The van der Waals surface area contributed by atoms with Gasteiger partial charge in [-0.15, -0.1) is 11.6 Å². The number of carbonyl (C=O) groups excluding carboxylic acids is 1. The minimum absolute atomic E-state index is 0.0532. The predicted molar refractivity (Wildman–Crippen MR) is 86.0 cm³/mol. The maximum atomic E-state index is 12.9. The third-order valence-corrected chi connectivity index (χ3v) is 3.68. The molecule has 0 heterocycles. The maximum Gasteiger partial charge on any atom is 0.225 e. The Hall–Kier alpha value is -1.09. The van der Waals surface area contributed by atoms with E-state index in [9.17, 15) is 9.18 Å². The Morgan fingerprint density at radius 1 is 1.29 bits per heavy atom. The lowest BCUT2D eigenvalue weighted by Crippen LogP contribution is -2.38. The molecule has 1 aromatic carbocycles. The molecule has 0 bridgehead atoms. The van der Waals surface area contributed by atoms with Crippen LogP contribution in [-0.4, -0.2) is 18.3 Å². The number of nitrogens with one attached hydrogen (secondary N) is 1. The Kier molecular flexibility index (Phi) is 7.16. The molecule has 0 fully saturated rings. The van der Waals surface area contributed by atoms with E-state index in [0.717, 1.165) is 24.8 Å². The Morgan fingerprint density at radius 2 is 1.90 bits per heavy atom. The second-order valence-corrected chi connectivity index (χ2v) is 6.87. The van der Waals surface area contributed by atoms with E-state index in [-0.39, 0.29) is 17.1 Å². The monoisotopic (exact) mass is 313 g/mol. The number of benzene rings is 1. The highest BCUT2D eigenvalue weighted by atomic mass is 35.5. The number of carbonyl (C=O) groups is 1. The molecule has 0 saturated heterocycles. The van der Waals surface area contributed by atoms with Gasteiger partial charge >= 0.3 is 0 Å². The molecule has 21 heavy (non-hydrogen) atoms. The van der Waals surface area contributed by atoms with Gasteiger partial charge in [0.2, 0.25) is 5.91 Å². The van der Waals surface area contributed by atoms with Gasteiger partial charge < -0.3 is 5.32 Å². The topological polar surface area (TPSA) is 29.1 Å². The molecule has 1 atom stereocenters. The molecule has 4 heteroatoms. The first-order chi connectivity index (χ1) is 9.82. The van der Waals surface area contributed by atoms with Gasteiger partial charge in [0.15, 0.2) is 0 Å². The van der Waals surface area contributed by atoms with Crippen molar-refractivity contribution in [2.75, 3.05) is 12.4 Å². The van der Waals surface area contributed by atoms with Crippen molar-refractivity contribution in [1.29, 1.82) is 0 Å². The molecule has 0 aliphatic heterocycles. The minimum Gasteiger partial charge on any atom is -0.355 e. The maximum absolute atomic E-state index is 12.9. The van der Waals surface area contributed by atoms with Gasteiger partial charge in [0.1, 0.15) is 5.82 Å². The van der Waals surface area contributed by atoms with Gasteiger partial charge in [0.05, 0.1) is 0 Å². The van der Waals surface area contributed by atoms with Crippen molar-refractivity contribution in [3.8, 4) is 0 Å². The molecule has 2 nitrogen and oxygen atoms in total. The van der Waals surface area contributed by atoms with Crippen molar-refractivity contribution in [2.24, 2.45) is 11.3 Å². The molecule has 0 spiro atoms. The van der Waals surface area contributed by atoms with E-state index in [1.165, 1.54) is 12.1 Å². The summed E-state index contributed by atoms with van der Waals surface area (Å²) in [7, 11) is 0. The highest BCUT2D eigenvalue weighted by molar-refractivity contribution is 6.17. The standard InChI is InChI=1S/C17H25ClFNO/c1-17(2,3)16(21)20-12-14(5-4-10-18)11-13-6-8-15(19)9-7-13/h6-9,14H,4-5,10-12H2,1-3H3,(H,20,21). The van der Waals surface area contributed by atoms with Crippen LogP contribution < -0.4 is 5.32 Å². The summed E-state index contributed by atoms with van der Waals surface area (Å²) in [5, 5.41) is 3.01. The van der Waals surface area contributed by atoms with Crippen molar-refractivity contribution in [3.63, 3.8) is 0 Å². The third-order valence-electron chi connectivity index (χ3n) is 3.42. The van der Waals surface area contributed by atoms with E-state index in [4.69, 9.17) is 11.6 Å². The van der Waals surface area contributed by atoms with Crippen molar-refractivity contribution in [3.05, 3.63) is 35.6 Å². The van der Waals surface area contributed by atoms with Crippen LogP contribution in [0.15, 0.2) is 24.3 Å². The fraction of sp³-hybridized carbons (Fsp3) is 0.588. The van der Waals surface area contributed by atoms with Crippen LogP contribution in [0.25, 0.3) is 0 Å². The smallest absolute Gasteiger partial charge is 0.225 e. The summed E-state index contributed by atoms with van der Waals surface area (Å²) < 4.78 is 12.9. The van der Waals surface area contributed by atoms with Gasteiger partial charge in [0, 0.05) is 17.8 Å². The summed E-state index contributed by atoms with van der Waals surface area (Å²) in [5.74, 6) is 0.766. The van der Waals surface area contributed by atoms with Gasteiger partial charge in [-0.3, -0.25) is 4.79 Å². The Morgan fingerprint density at radius 3 is 2.43 bits per heavy atom. The molecule has 0 saturated carbocycles. The highest BCUT2D eigenvalue weighted by Gasteiger charge is 2.22. The zero-order chi connectivity index (χ0) is 15.9. The second-order valence-electron chi connectivity index (χ2n) is 6.49. The molecule has 1 N–H and O–H groups in total. The zero-order valence-corrected chi connectivity index (χ0v) is 13.8. The van der Waals surface area contributed by atoms with Crippen molar-refractivity contribution < 1.29 is 9.18 Å². The van der Waals surface area contributed by atoms with Crippen molar-refractivity contribution >= 4 is 17.5 Å². The van der Waals surface area contributed by atoms with Crippen LogP contribution in [0, 0.1) is 17.2 Å². The minimum atomic E-state index is -0.382. The molecule has 1 amide bonds. The number of halogens is 2. The molecular weight excluding hydrogens is 289 g/mol. The molecule has 0 aliphatic carbocycles. The number of hydrogen-bond donors (Lipinski definition) is 1. The quantitative estimate of drug-likeness (QED) is 0.752. The van der Waals surface area contributed by atoms with Crippen LogP contribution in [0.3, 0.4) is 0 Å². The fourth-order valence-electron chi connectivity index (χ4n) is 2.10. The lowest BCUT2D eigenvalue weighted by molar-refractivity contribution is -0.128. The van der Waals surface area contributed by atoms with E-state index >= 15 is 0 Å². The van der Waals surface area contributed by atoms with Crippen LogP contribution >= 0.6 is 11.6 Å². The van der Waals surface area contributed by atoms with E-state index in [2.05, 4.69) is 5.32 Å². The van der Waals surface area contributed by atoms with Gasteiger partial charge in [-0.2, -0.15) is 0 Å². The first-order valence-corrected chi connectivity index (χ1v) is 7.95. The Bertz CT molecular complexity index is 439. The largest absolute Gasteiger partial charge is 0.355 e. The SMILES string of the molecule is CC(C)(C)C(=O)NCC(CCCCl)Cc1ccc(F)cc1. The molecule has 1 unspecified atom stereocenters. The van der Waals surface area contributed by atoms with E-state index in [0.29, 0.717) is 18.3 Å². The number of alkyl halides is 1. The summed E-state index contributed by atoms with van der Waals surface area (Å²) in [6.45, 7) is 6.33. The lowest BCUT2D eigenvalue weighted by Gasteiger charge is -2.22. The van der Waals surface area contributed by atoms with Gasteiger partial charge in [-0.1, -0.05) is 32.9 Å². The number of rotatable bonds is 7. The predicted octanol–water partition coefficient (Wildman–Crippen LogP) is 4.17. The second kappa shape index (κ2) is 8.38.